The maximum atomic E-state index is 11.8. The number of fused-ring (bicyclic) bond motifs is 2. The van der Waals surface area contributed by atoms with E-state index in [4.69, 9.17) is 4.74 Å². The van der Waals surface area contributed by atoms with Crippen LogP contribution in [0.2, 0.25) is 0 Å². The summed E-state index contributed by atoms with van der Waals surface area (Å²) in [6.45, 7) is 9.39. The molecule has 0 amide bonds. The van der Waals surface area contributed by atoms with E-state index in [0.717, 1.165) is 6.42 Å². The average molecular weight is 210 g/mol. The zero-order chi connectivity index (χ0) is 11.3. The Morgan fingerprint density at radius 1 is 1.40 bits per heavy atom. The van der Waals surface area contributed by atoms with Gasteiger partial charge in [-0.15, -0.1) is 0 Å². The second kappa shape index (κ2) is 3.23. The van der Waals surface area contributed by atoms with E-state index in [1.54, 1.807) is 0 Å². The molecule has 0 aromatic heterocycles. The molecule has 0 aromatic carbocycles. The molecule has 0 spiro atoms. The highest BCUT2D eigenvalue weighted by Crippen LogP contribution is 2.67. The van der Waals surface area contributed by atoms with Crippen molar-refractivity contribution in [1.29, 1.82) is 0 Å². The van der Waals surface area contributed by atoms with Crippen LogP contribution in [0.5, 0.6) is 0 Å². The molecule has 0 aromatic rings. The van der Waals surface area contributed by atoms with Crippen molar-refractivity contribution in [1.82, 2.24) is 0 Å². The lowest BCUT2D eigenvalue weighted by atomic mass is 9.71. The fraction of sp³-hybridized carbons (Fsp3) is 0.923. The van der Waals surface area contributed by atoms with Gasteiger partial charge in [0.05, 0.1) is 12.5 Å². The maximum Gasteiger partial charge on any atom is 0.309 e. The Morgan fingerprint density at radius 3 is 2.47 bits per heavy atom. The predicted octanol–water partition coefficient (Wildman–Crippen LogP) is 3.01. The summed E-state index contributed by atoms with van der Waals surface area (Å²) in [7, 11) is 0. The zero-order valence-electron chi connectivity index (χ0n) is 10.3. The molecule has 0 unspecified atom stereocenters. The topological polar surface area (TPSA) is 26.3 Å². The van der Waals surface area contributed by atoms with Crippen LogP contribution in [-0.2, 0) is 9.53 Å². The molecule has 0 saturated heterocycles. The fourth-order valence-corrected chi connectivity index (χ4v) is 3.80. The van der Waals surface area contributed by atoms with Gasteiger partial charge in [0.25, 0.3) is 0 Å². The van der Waals surface area contributed by atoms with Crippen molar-refractivity contribution in [3.63, 3.8) is 0 Å². The van der Waals surface area contributed by atoms with E-state index in [1.807, 2.05) is 6.92 Å². The van der Waals surface area contributed by atoms with E-state index >= 15 is 0 Å². The first kappa shape index (κ1) is 11.0. The number of carbonyl (C=O) groups is 1. The molecule has 0 N–H and O–H groups in total. The Kier molecular flexibility index (Phi) is 2.36. The second-order valence-electron chi connectivity index (χ2n) is 5.99. The van der Waals surface area contributed by atoms with Gasteiger partial charge in [0, 0.05) is 0 Å². The van der Waals surface area contributed by atoms with Gasteiger partial charge >= 0.3 is 5.97 Å². The Bertz CT molecular complexity index is 280. The van der Waals surface area contributed by atoms with Crippen molar-refractivity contribution in [2.45, 2.75) is 47.0 Å². The SMILES string of the molecule is CCOC(=O)[C@H]1C[C@]2(C)CC[C@@H]1C2(C)C. The molecule has 2 nitrogen and oxygen atoms in total. The van der Waals surface area contributed by atoms with Gasteiger partial charge < -0.3 is 4.74 Å². The normalized spacial score (nSPS) is 41.9. The Morgan fingerprint density at radius 2 is 2.07 bits per heavy atom. The summed E-state index contributed by atoms with van der Waals surface area (Å²) in [5, 5.41) is 0. The van der Waals surface area contributed by atoms with Crippen LogP contribution in [0.4, 0.5) is 0 Å². The Hall–Kier alpha value is -0.530. The lowest BCUT2D eigenvalue weighted by Crippen LogP contribution is -2.27. The monoisotopic (exact) mass is 210 g/mol. The molecule has 2 rings (SSSR count). The largest absolute Gasteiger partial charge is 0.466 e. The minimum absolute atomic E-state index is 0.0407. The molecular formula is C13H22O2. The first-order chi connectivity index (χ1) is 6.92. The number of esters is 1. The molecule has 2 saturated carbocycles. The maximum absolute atomic E-state index is 11.8. The molecule has 0 aliphatic heterocycles. The average Bonchev–Trinajstić information content (AvgIpc) is 2.49. The third-order valence-electron chi connectivity index (χ3n) is 5.24. The Labute approximate surface area is 92.4 Å². The third-order valence-corrected chi connectivity index (χ3v) is 5.24. The molecule has 2 heteroatoms. The number of carbonyl (C=O) groups excluding carboxylic acids is 1. The van der Waals surface area contributed by atoms with Crippen molar-refractivity contribution in [3.8, 4) is 0 Å². The van der Waals surface area contributed by atoms with Gasteiger partial charge in [-0.05, 0) is 42.9 Å². The summed E-state index contributed by atoms with van der Waals surface area (Å²) in [6, 6.07) is 0. The van der Waals surface area contributed by atoms with Crippen molar-refractivity contribution in [2.24, 2.45) is 22.7 Å². The minimum Gasteiger partial charge on any atom is -0.466 e. The second-order valence-corrected chi connectivity index (χ2v) is 5.99. The highest BCUT2D eigenvalue weighted by Gasteiger charge is 2.62. The van der Waals surface area contributed by atoms with Gasteiger partial charge in [0.2, 0.25) is 0 Å². The van der Waals surface area contributed by atoms with E-state index in [2.05, 4.69) is 20.8 Å². The van der Waals surface area contributed by atoms with Crippen LogP contribution in [0.3, 0.4) is 0 Å². The van der Waals surface area contributed by atoms with Crippen LogP contribution in [0.1, 0.15) is 47.0 Å². The van der Waals surface area contributed by atoms with Crippen LogP contribution < -0.4 is 0 Å². The lowest BCUT2D eigenvalue weighted by molar-refractivity contribution is -0.150. The van der Waals surface area contributed by atoms with Crippen LogP contribution in [0.25, 0.3) is 0 Å². The minimum atomic E-state index is 0.0407. The van der Waals surface area contributed by atoms with Crippen molar-refractivity contribution >= 4 is 5.97 Å². The quantitative estimate of drug-likeness (QED) is 0.655. The van der Waals surface area contributed by atoms with E-state index < -0.39 is 0 Å². The molecule has 86 valence electrons. The summed E-state index contributed by atoms with van der Waals surface area (Å²) < 4.78 is 5.18. The summed E-state index contributed by atoms with van der Waals surface area (Å²) in [4.78, 5) is 11.8. The van der Waals surface area contributed by atoms with Gasteiger partial charge in [-0.1, -0.05) is 20.8 Å². The van der Waals surface area contributed by atoms with Gasteiger partial charge in [-0.25, -0.2) is 0 Å². The van der Waals surface area contributed by atoms with Gasteiger partial charge in [-0.3, -0.25) is 4.79 Å². The van der Waals surface area contributed by atoms with E-state index in [0.29, 0.717) is 23.4 Å². The lowest BCUT2D eigenvalue weighted by Gasteiger charge is -2.34. The first-order valence-corrected chi connectivity index (χ1v) is 6.09. The molecule has 0 heterocycles. The highest BCUT2D eigenvalue weighted by molar-refractivity contribution is 5.74. The third kappa shape index (κ3) is 1.33. The number of hydrogen-bond acceptors (Lipinski definition) is 2. The Balaban J connectivity index is 2.18. The van der Waals surface area contributed by atoms with Crippen LogP contribution in [0.15, 0.2) is 0 Å². The molecule has 2 aliphatic rings. The van der Waals surface area contributed by atoms with E-state index in [9.17, 15) is 4.79 Å². The molecular weight excluding hydrogens is 188 g/mol. The summed E-state index contributed by atoms with van der Waals surface area (Å²) in [5.41, 5.74) is 0.666. The molecule has 2 bridgehead atoms. The smallest absolute Gasteiger partial charge is 0.309 e. The first-order valence-electron chi connectivity index (χ1n) is 6.09. The van der Waals surface area contributed by atoms with Crippen molar-refractivity contribution in [2.75, 3.05) is 6.61 Å². The number of hydrogen-bond donors (Lipinski definition) is 0. The molecule has 0 radical (unpaired) electrons. The highest BCUT2D eigenvalue weighted by atomic mass is 16.5. The zero-order valence-corrected chi connectivity index (χ0v) is 10.3. The van der Waals surface area contributed by atoms with Crippen LogP contribution in [-0.4, -0.2) is 12.6 Å². The molecule has 2 aliphatic carbocycles. The van der Waals surface area contributed by atoms with Crippen molar-refractivity contribution in [3.05, 3.63) is 0 Å². The van der Waals surface area contributed by atoms with E-state index in [-0.39, 0.29) is 11.9 Å². The van der Waals surface area contributed by atoms with Gasteiger partial charge in [-0.2, -0.15) is 0 Å². The van der Waals surface area contributed by atoms with Gasteiger partial charge in [0.15, 0.2) is 0 Å². The van der Waals surface area contributed by atoms with Crippen LogP contribution >= 0.6 is 0 Å². The van der Waals surface area contributed by atoms with Gasteiger partial charge in [0.1, 0.15) is 0 Å². The summed E-state index contributed by atoms with van der Waals surface area (Å²) in [5.74, 6) is 0.749. The molecule has 3 atom stereocenters. The van der Waals surface area contributed by atoms with E-state index in [1.165, 1.54) is 12.8 Å². The van der Waals surface area contributed by atoms with Crippen LogP contribution in [0, 0.1) is 22.7 Å². The fourth-order valence-electron chi connectivity index (χ4n) is 3.80. The standard InChI is InChI=1S/C13H22O2/c1-5-15-11(14)9-8-13(4)7-6-10(9)12(13,2)3/h9-10H,5-8H2,1-4H3/t9-,10-,13-/m0/s1. The number of rotatable bonds is 2. The predicted molar refractivity (Wildman–Crippen MR) is 59.4 cm³/mol. The number of ether oxygens (including phenoxy) is 1. The molecule has 15 heavy (non-hydrogen) atoms. The van der Waals surface area contributed by atoms with Crippen molar-refractivity contribution < 1.29 is 9.53 Å². The summed E-state index contributed by atoms with van der Waals surface area (Å²) >= 11 is 0. The molecule has 2 fully saturated rings. The summed E-state index contributed by atoms with van der Waals surface area (Å²) in [6.07, 6.45) is 3.51.